The van der Waals surface area contributed by atoms with Gasteiger partial charge in [0.1, 0.15) is 0 Å². The van der Waals surface area contributed by atoms with Crippen molar-refractivity contribution in [3.8, 4) is 0 Å². The third kappa shape index (κ3) is 4.01. The van der Waals surface area contributed by atoms with Gasteiger partial charge in [0.2, 0.25) is 0 Å². The fraction of sp³-hybridized carbons (Fsp3) is 0. The number of hydrogen-bond donors (Lipinski definition) is 0. The van der Waals surface area contributed by atoms with Crippen LogP contribution in [0.5, 0.6) is 0 Å². The number of hydrogen-bond acceptors (Lipinski definition) is 3. The van der Waals surface area contributed by atoms with Crippen molar-refractivity contribution in [2.45, 2.75) is 0 Å². The zero-order chi connectivity index (χ0) is 4.24. The molecule has 0 atom stereocenters. The Morgan fingerprint density at radius 1 is 0.556 bits per heavy atom. The van der Waals surface area contributed by atoms with E-state index in [1.807, 2.05) is 0 Å². The second kappa shape index (κ2) is 8.99. The minimum absolute atomic E-state index is 0. The van der Waals surface area contributed by atoms with Gasteiger partial charge in [0.25, 0.3) is 0 Å². The Balaban J connectivity index is -0.000000120. The Kier molecular flexibility index (Phi) is 19.9. The molecule has 0 amide bonds. The zero-order valence-corrected chi connectivity index (χ0v) is 24.2. The molecule has 36 valence electrons. The molecule has 0 N–H and O–H groups in total. The summed E-state index contributed by atoms with van der Waals surface area (Å²) in [6.07, 6.45) is 6.66. The molecule has 0 aliphatic rings. The first kappa shape index (κ1) is 19.9. The Hall–Kier alpha value is -3.99. The van der Waals surface area contributed by atoms with Crippen LogP contribution in [0.3, 0.4) is 0 Å². The molecule has 0 fully saturated rings. The van der Waals surface area contributed by atoms with Gasteiger partial charge in [-0.1, -0.05) is 0 Å². The molecule has 0 aliphatic carbocycles. The summed E-state index contributed by atoms with van der Waals surface area (Å²) >= 11 is 0. The maximum Gasteiger partial charge on any atom is 0 e. The molecule has 0 spiro atoms. The molecule has 1 heterocycles. The van der Waals surface area contributed by atoms with Crippen molar-refractivity contribution in [3.63, 3.8) is 0 Å². The van der Waals surface area contributed by atoms with E-state index in [4.69, 9.17) is 0 Å². The molecule has 3 nitrogen and oxygen atoms in total. The van der Waals surface area contributed by atoms with Crippen LogP contribution >= 0.6 is 0 Å². The smallest absolute Gasteiger partial charge is 0 e. The van der Waals surface area contributed by atoms with Crippen LogP contribution in [-0.4, -0.2) is 15.0 Å². The maximum absolute atomic E-state index is 3.28. The number of rotatable bonds is 0. The van der Waals surface area contributed by atoms with Gasteiger partial charge in [-0.15, -0.1) is 0 Å². The van der Waals surface area contributed by atoms with Crippen LogP contribution in [0.2, 0.25) is 0 Å². The van der Waals surface area contributed by atoms with Crippen LogP contribution in [0.4, 0.5) is 0 Å². The van der Waals surface area contributed by atoms with Gasteiger partial charge in [-0.05, 0) is 0 Å². The molecule has 0 saturated heterocycles. The second-order valence-electron chi connectivity index (χ2n) is 0.635. The maximum atomic E-state index is 3.28. The molecule has 1 aromatic rings. The standard InChI is InChI=1S/C3N3.3Rf/c1-4-2-6-3-5-1;;;/q-3;;;. The average Bonchev–Trinajstić information content (AvgIpc) is 1.72. The van der Waals surface area contributed by atoms with E-state index in [0.717, 1.165) is 0 Å². The molecule has 1 aromatic heterocycles. The molecule has 0 aliphatic heterocycles. The van der Waals surface area contributed by atoms with Crippen molar-refractivity contribution in [3.05, 3.63) is 19.0 Å². The molecule has 0 bridgehead atoms. The minimum Gasteiger partial charge on any atom is -0.646 e. The quantitative estimate of drug-likeness (QED) is 0.324. The summed E-state index contributed by atoms with van der Waals surface area (Å²) in [5.74, 6) is 0. The van der Waals surface area contributed by atoms with Crippen LogP contribution in [-0.2, 0) is 0 Å². The van der Waals surface area contributed by atoms with Crippen molar-refractivity contribution in [1.29, 1.82) is 0 Å². The Morgan fingerprint density at radius 2 is 0.778 bits per heavy atom. The monoisotopic (exact) mass is 879 g/mol. The van der Waals surface area contributed by atoms with E-state index in [9.17, 15) is 0 Å². The SMILES string of the molecule is [Rf].[Rf].[Rf].[c-]1n[c-]n[c-]n1. The van der Waals surface area contributed by atoms with Gasteiger partial charge in [0.15, 0.2) is 0 Å². The van der Waals surface area contributed by atoms with E-state index in [0.29, 0.717) is 0 Å². The average molecular weight is 879 g/mol. The van der Waals surface area contributed by atoms with Gasteiger partial charge < -0.3 is 33.9 Å². The van der Waals surface area contributed by atoms with Crippen molar-refractivity contribution in [2.24, 2.45) is 0 Å². The van der Waals surface area contributed by atoms with E-state index < -0.39 is 0 Å². The molecular formula is C3N3Rf3-3. The van der Waals surface area contributed by atoms with Crippen molar-refractivity contribution >= 4 is 0 Å². The summed E-state index contributed by atoms with van der Waals surface area (Å²) < 4.78 is 0. The van der Waals surface area contributed by atoms with Gasteiger partial charge in [-0.2, -0.15) is 0 Å². The normalized spacial score (nSPS) is 5.33. The van der Waals surface area contributed by atoms with Gasteiger partial charge >= 0.3 is 0 Å². The first-order chi connectivity index (χ1) is 3.00. The van der Waals surface area contributed by atoms with E-state index in [-0.39, 0.29) is 0 Å². The van der Waals surface area contributed by atoms with Gasteiger partial charge in [0.05, 0.1) is 0 Å². The predicted octanol–water partition coefficient (Wildman–Crippen LogP) is -0.728. The fourth-order valence-electron chi connectivity index (χ4n) is 0.142. The molecule has 6 heteroatoms. The first-order valence-corrected chi connectivity index (χ1v) is 1.34. The van der Waals surface area contributed by atoms with E-state index in [2.05, 4.69) is 33.9 Å². The van der Waals surface area contributed by atoms with Crippen LogP contribution < -0.4 is 0 Å². The third-order valence-electron chi connectivity index (χ3n) is 0.300. The molecule has 0 saturated carbocycles. The molecule has 0 unspecified atom stereocenters. The second-order valence-corrected chi connectivity index (χ2v) is 0.635. The van der Waals surface area contributed by atoms with E-state index in [1.54, 1.807) is 0 Å². The zero-order valence-electron chi connectivity index (χ0n) is 4.96. The summed E-state index contributed by atoms with van der Waals surface area (Å²) in [5.41, 5.74) is 0. The molecule has 0 radical (unpaired) electrons. The van der Waals surface area contributed by atoms with Crippen LogP contribution in [0.25, 0.3) is 0 Å². The number of nitrogens with zero attached hydrogens (tertiary/aromatic N) is 3. The number of aromatic nitrogens is 3. The Morgan fingerprint density at radius 3 is 0.889 bits per heavy atom. The van der Waals surface area contributed by atoms with Gasteiger partial charge in [0, 0.05) is 0 Å². The summed E-state index contributed by atoms with van der Waals surface area (Å²) in [6.45, 7) is 0. The first-order valence-electron chi connectivity index (χ1n) is 1.34. The van der Waals surface area contributed by atoms with E-state index in [1.165, 1.54) is 0 Å². The van der Waals surface area contributed by atoms with Crippen LogP contribution in [0, 0.1) is 19.0 Å². The van der Waals surface area contributed by atoms with Crippen molar-refractivity contribution in [1.82, 2.24) is 15.0 Å². The molecule has 0 aromatic carbocycles. The predicted molar refractivity (Wildman–Crippen MR) is 16.3 cm³/mol. The van der Waals surface area contributed by atoms with Gasteiger partial charge in [-0.3, -0.25) is 0 Å². The summed E-state index contributed by atoms with van der Waals surface area (Å²) in [4.78, 5) is 9.84. The van der Waals surface area contributed by atoms with Crippen LogP contribution in [0.1, 0.15) is 0 Å². The fourth-order valence-corrected chi connectivity index (χ4v) is 0.142. The largest absolute Gasteiger partial charge is 0.646 e. The molecule has 9 heavy (non-hydrogen) atoms. The van der Waals surface area contributed by atoms with Gasteiger partial charge in [-0.25, -0.2) is 0 Å². The van der Waals surface area contributed by atoms with Crippen molar-refractivity contribution < 1.29 is 0 Å². The molecule has 1 rings (SSSR count). The minimum atomic E-state index is 0. The Labute approximate surface area is 35.1 Å². The topological polar surface area (TPSA) is 38.7 Å². The third-order valence-corrected chi connectivity index (χ3v) is 0.300. The summed E-state index contributed by atoms with van der Waals surface area (Å²) in [6, 6.07) is 0. The Bertz CT molecular complexity index is 86.2. The van der Waals surface area contributed by atoms with Crippen LogP contribution in [0.15, 0.2) is 0 Å². The van der Waals surface area contributed by atoms with Crippen molar-refractivity contribution in [2.75, 3.05) is 0 Å². The molecular weight excluding hydrogens is 879 g/mol. The summed E-state index contributed by atoms with van der Waals surface area (Å²) in [7, 11) is 0. The summed E-state index contributed by atoms with van der Waals surface area (Å²) in [5, 5.41) is 0. The van der Waals surface area contributed by atoms with E-state index >= 15 is 0 Å².